The molecular formula is C26H20FN3O3S. The van der Waals surface area contributed by atoms with Crippen molar-refractivity contribution in [2.24, 2.45) is 0 Å². The molecule has 0 unspecified atom stereocenters. The summed E-state index contributed by atoms with van der Waals surface area (Å²) in [6, 6.07) is 19.5. The number of hydrogen-bond donors (Lipinski definition) is 1. The molecule has 0 amide bonds. The van der Waals surface area contributed by atoms with Crippen LogP contribution in [0, 0.1) is 12.7 Å². The molecule has 5 rings (SSSR count). The summed E-state index contributed by atoms with van der Waals surface area (Å²) in [5.41, 5.74) is 1.92. The van der Waals surface area contributed by atoms with E-state index in [0.29, 0.717) is 30.0 Å². The van der Waals surface area contributed by atoms with Gasteiger partial charge in [-0.05, 0) is 43.2 Å². The van der Waals surface area contributed by atoms with Crippen LogP contribution in [0.1, 0.15) is 11.3 Å². The molecule has 34 heavy (non-hydrogen) atoms. The number of halogens is 1. The maximum atomic E-state index is 14.2. The third kappa shape index (κ3) is 4.04. The predicted octanol–water partition coefficient (Wildman–Crippen LogP) is 5.69. The molecule has 0 aliphatic heterocycles. The van der Waals surface area contributed by atoms with E-state index in [1.807, 2.05) is 42.5 Å². The Labute approximate surface area is 198 Å². The molecule has 2 aromatic carbocycles. The van der Waals surface area contributed by atoms with Crippen molar-refractivity contribution in [1.82, 2.24) is 14.7 Å². The molecule has 0 aliphatic rings. The van der Waals surface area contributed by atoms with Crippen molar-refractivity contribution in [3.8, 4) is 38.2 Å². The van der Waals surface area contributed by atoms with Crippen LogP contribution in [0.4, 0.5) is 4.39 Å². The number of aryl methyl sites for hydroxylation is 2. The smallest absolute Gasteiger partial charge is 0.262 e. The first kappa shape index (κ1) is 21.8. The number of phenolic OH excluding ortho intramolecular Hbond substituents is 1. The van der Waals surface area contributed by atoms with Crippen LogP contribution < -0.4 is 5.56 Å². The van der Waals surface area contributed by atoms with Crippen molar-refractivity contribution in [1.29, 1.82) is 0 Å². The highest BCUT2D eigenvalue weighted by Crippen LogP contribution is 2.35. The first-order chi connectivity index (χ1) is 16.5. The zero-order chi connectivity index (χ0) is 23.7. The summed E-state index contributed by atoms with van der Waals surface area (Å²) in [6.07, 6.45) is 2.14. The fourth-order valence-corrected chi connectivity index (χ4v) is 4.94. The molecule has 8 heteroatoms. The van der Waals surface area contributed by atoms with Gasteiger partial charge in [0.1, 0.15) is 5.82 Å². The maximum Gasteiger partial charge on any atom is 0.262 e. The van der Waals surface area contributed by atoms with E-state index in [0.717, 1.165) is 15.3 Å². The lowest BCUT2D eigenvalue weighted by atomic mass is 10.1. The Morgan fingerprint density at radius 2 is 1.82 bits per heavy atom. The van der Waals surface area contributed by atoms with Crippen molar-refractivity contribution in [2.75, 3.05) is 0 Å². The Bertz CT molecular complexity index is 1510. The molecule has 0 atom stereocenters. The normalized spacial score (nSPS) is 11.1. The second-order valence-corrected chi connectivity index (χ2v) is 8.85. The number of hydrogen-bond acceptors (Lipinski definition) is 6. The molecule has 0 bridgehead atoms. The third-order valence-electron chi connectivity index (χ3n) is 5.58. The number of benzene rings is 2. The number of para-hydroxylation sites is 1. The van der Waals surface area contributed by atoms with E-state index in [1.54, 1.807) is 25.3 Å². The molecular weight excluding hydrogens is 453 g/mol. The lowest BCUT2D eigenvalue weighted by molar-refractivity contribution is 0.433. The summed E-state index contributed by atoms with van der Waals surface area (Å²) in [6.45, 7) is 2.06. The fraction of sp³-hybridized carbons (Fsp3) is 0.115. The molecule has 0 saturated carbocycles. The molecule has 3 heterocycles. The van der Waals surface area contributed by atoms with Crippen LogP contribution in [0.15, 0.2) is 82.2 Å². The van der Waals surface area contributed by atoms with E-state index < -0.39 is 11.6 Å². The average molecular weight is 474 g/mol. The monoisotopic (exact) mass is 473 g/mol. The van der Waals surface area contributed by atoms with Crippen molar-refractivity contribution >= 4 is 11.3 Å². The molecule has 0 spiro atoms. The second kappa shape index (κ2) is 9.07. The average Bonchev–Trinajstić information content (AvgIpc) is 3.53. The van der Waals surface area contributed by atoms with Crippen molar-refractivity contribution in [3.05, 3.63) is 100 Å². The van der Waals surface area contributed by atoms with Crippen LogP contribution in [0.25, 0.3) is 32.5 Å². The molecule has 6 nitrogen and oxygen atoms in total. The zero-order valence-corrected chi connectivity index (χ0v) is 19.1. The van der Waals surface area contributed by atoms with Crippen LogP contribution in [0.2, 0.25) is 0 Å². The predicted molar refractivity (Wildman–Crippen MR) is 129 cm³/mol. The molecule has 0 aliphatic carbocycles. The summed E-state index contributed by atoms with van der Waals surface area (Å²) in [4.78, 5) is 20.1. The molecule has 170 valence electrons. The van der Waals surface area contributed by atoms with E-state index in [4.69, 9.17) is 4.52 Å². The minimum Gasteiger partial charge on any atom is -0.504 e. The number of aromatic hydroxyl groups is 1. The highest BCUT2D eigenvalue weighted by Gasteiger charge is 2.21. The van der Waals surface area contributed by atoms with Gasteiger partial charge in [0.2, 0.25) is 0 Å². The van der Waals surface area contributed by atoms with Gasteiger partial charge in [-0.15, -0.1) is 11.3 Å². The summed E-state index contributed by atoms with van der Waals surface area (Å²) >= 11 is 1.41. The quantitative estimate of drug-likeness (QED) is 0.343. The molecule has 5 aromatic rings. The van der Waals surface area contributed by atoms with Gasteiger partial charge in [-0.25, -0.2) is 9.37 Å². The Morgan fingerprint density at radius 3 is 2.59 bits per heavy atom. The fourth-order valence-electron chi connectivity index (χ4n) is 3.89. The van der Waals surface area contributed by atoms with Crippen LogP contribution in [-0.4, -0.2) is 19.8 Å². The molecule has 3 aromatic heterocycles. The highest BCUT2D eigenvalue weighted by atomic mass is 32.1. The van der Waals surface area contributed by atoms with Gasteiger partial charge < -0.3 is 9.63 Å². The third-order valence-corrected chi connectivity index (χ3v) is 6.70. The first-order valence-electron chi connectivity index (χ1n) is 10.7. The van der Waals surface area contributed by atoms with Gasteiger partial charge in [0.15, 0.2) is 17.3 Å². The van der Waals surface area contributed by atoms with E-state index >= 15 is 0 Å². The van der Waals surface area contributed by atoms with Gasteiger partial charge >= 0.3 is 0 Å². The lowest BCUT2D eigenvalue weighted by Gasteiger charge is -2.16. The summed E-state index contributed by atoms with van der Waals surface area (Å²) in [7, 11) is 0. The van der Waals surface area contributed by atoms with Gasteiger partial charge in [-0.3, -0.25) is 9.36 Å². The standard InChI is InChI=1S/C26H20FN3O3S/c1-16-23(22-11-10-21(34-22)20-12-14-28-33-20)26(32)30(15-13-17-6-3-2-4-7-17)25(29-16)18-8-5-9-19(27)24(18)31/h2-12,14,31H,13,15H2,1H3. The van der Waals surface area contributed by atoms with Gasteiger partial charge in [-0.1, -0.05) is 41.6 Å². The van der Waals surface area contributed by atoms with E-state index in [1.165, 1.54) is 28.0 Å². The van der Waals surface area contributed by atoms with Gasteiger partial charge in [0, 0.05) is 17.5 Å². The molecule has 1 N–H and O–H groups in total. The van der Waals surface area contributed by atoms with Gasteiger partial charge in [0.05, 0.1) is 27.9 Å². The summed E-state index contributed by atoms with van der Waals surface area (Å²) in [5.74, 6) is -0.449. The molecule has 0 fully saturated rings. The lowest BCUT2D eigenvalue weighted by Crippen LogP contribution is -2.27. The van der Waals surface area contributed by atoms with Crippen LogP contribution in [0.3, 0.4) is 0 Å². The Kier molecular flexibility index (Phi) is 5.81. The number of rotatable bonds is 6. The Balaban J connectivity index is 1.65. The Hall–Kier alpha value is -4.04. The first-order valence-corrected chi connectivity index (χ1v) is 11.5. The van der Waals surface area contributed by atoms with E-state index in [-0.39, 0.29) is 16.9 Å². The van der Waals surface area contributed by atoms with Crippen LogP contribution in [0.5, 0.6) is 5.75 Å². The SMILES string of the molecule is Cc1nc(-c2cccc(F)c2O)n(CCc2ccccc2)c(=O)c1-c1ccc(-c2ccno2)s1. The zero-order valence-electron chi connectivity index (χ0n) is 18.2. The largest absolute Gasteiger partial charge is 0.504 e. The molecule has 0 saturated heterocycles. The van der Waals surface area contributed by atoms with E-state index in [9.17, 15) is 14.3 Å². The summed E-state index contributed by atoms with van der Waals surface area (Å²) < 4.78 is 20.9. The summed E-state index contributed by atoms with van der Waals surface area (Å²) in [5, 5.41) is 14.1. The number of nitrogens with zero attached hydrogens (tertiary/aromatic N) is 3. The van der Waals surface area contributed by atoms with Gasteiger partial charge in [0.25, 0.3) is 5.56 Å². The minimum absolute atomic E-state index is 0.174. The number of aromatic nitrogens is 3. The van der Waals surface area contributed by atoms with Crippen molar-refractivity contribution < 1.29 is 14.0 Å². The number of phenols is 1. The topological polar surface area (TPSA) is 81.2 Å². The van der Waals surface area contributed by atoms with Crippen LogP contribution in [-0.2, 0) is 13.0 Å². The Morgan fingerprint density at radius 1 is 1.03 bits per heavy atom. The highest BCUT2D eigenvalue weighted by molar-refractivity contribution is 7.18. The van der Waals surface area contributed by atoms with Gasteiger partial charge in [-0.2, -0.15) is 0 Å². The van der Waals surface area contributed by atoms with Crippen molar-refractivity contribution in [2.45, 2.75) is 19.9 Å². The van der Waals surface area contributed by atoms with Crippen LogP contribution >= 0.6 is 11.3 Å². The maximum absolute atomic E-state index is 14.2. The van der Waals surface area contributed by atoms with E-state index in [2.05, 4.69) is 10.1 Å². The van der Waals surface area contributed by atoms with Crippen molar-refractivity contribution in [3.63, 3.8) is 0 Å². The number of thiophene rings is 1. The minimum atomic E-state index is -0.766. The molecule has 0 radical (unpaired) electrons. The second-order valence-electron chi connectivity index (χ2n) is 7.76.